The van der Waals surface area contributed by atoms with Crippen molar-refractivity contribution in [2.45, 2.75) is 26.3 Å². The van der Waals surface area contributed by atoms with Gasteiger partial charge in [-0.05, 0) is 37.1 Å². The predicted octanol–water partition coefficient (Wildman–Crippen LogP) is 1.36. The number of rotatable bonds is 4. The molecule has 2 amide bonds. The van der Waals surface area contributed by atoms with Crippen molar-refractivity contribution >= 4 is 17.5 Å². The third-order valence-corrected chi connectivity index (χ3v) is 3.41. The fourth-order valence-electron chi connectivity index (χ4n) is 2.47. The smallest absolute Gasteiger partial charge is 0.251 e. The lowest BCUT2D eigenvalue weighted by molar-refractivity contribution is -0.116. The second-order valence-corrected chi connectivity index (χ2v) is 5.09. The molecule has 0 aliphatic carbocycles. The van der Waals surface area contributed by atoms with Gasteiger partial charge in [-0.3, -0.25) is 9.59 Å². The predicted molar refractivity (Wildman–Crippen MR) is 77.0 cm³/mol. The highest BCUT2D eigenvalue weighted by Gasteiger charge is 2.23. The number of carbonyl (C=O) groups is 2. The number of hydrogen-bond acceptors (Lipinski definition) is 3. The van der Waals surface area contributed by atoms with Gasteiger partial charge in [0.2, 0.25) is 5.91 Å². The third-order valence-electron chi connectivity index (χ3n) is 3.41. The zero-order valence-electron chi connectivity index (χ0n) is 12.1. The van der Waals surface area contributed by atoms with Crippen LogP contribution in [0.4, 0.5) is 5.69 Å². The van der Waals surface area contributed by atoms with E-state index >= 15 is 0 Å². The summed E-state index contributed by atoms with van der Waals surface area (Å²) in [5, 5.41) is 2.88. The number of ether oxygens (including phenoxy) is 1. The highest BCUT2D eigenvalue weighted by Crippen LogP contribution is 2.28. The van der Waals surface area contributed by atoms with E-state index in [0.29, 0.717) is 18.7 Å². The molecule has 0 fully saturated rings. The lowest BCUT2D eigenvalue weighted by Gasteiger charge is -2.16. The maximum atomic E-state index is 12.1. The summed E-state index contributed by atoms with van der Waals surface area (Å²) in [6, 6.07) is 5.44. The number of methoxy groups -OCH3 is 1. The Hall–Kier alpha value is -1.88. The molecule has 2 rings (SSSR count). The van der Waals surface area contributed by atoms with Gasteiger partial charge in [0.1, 0.15) is 0 Å². The molecule has 1 atom stereocenters. The van der Waals surface area contributed by atoms with Crippen molar-refractivity contribution in [2.24, 2.45) is 0 Å². The van der Waals surface area contributed by atoms with E-state index < -0.39 is 0 Å². The number of hydrogen-bond donors (Lipinski definition) is 1. The summed E-state index contributed by atoms with van der Waals surface area (Å²) in [7, 11) is 1.61. The maximum absolute atomic E-state index is 12.1. The monoisotopic (exact) mass is 276 g/mol. The van der Waals surface area contributed by atoms with Crippen LogP contribution in [-0.2, 0) is 16.0 Å². The lowest BCUT2D eigenvalue weighted by Crippen LogP contribution is -2.35. The molecule has 0 saturated heterocycles. The number of carbonyl (C=O) groups excluding carboxylic acids is 2. The maximum Gasteiger partial charge on any atom is 0.251 e. The van der Waals surface area contributed by atoms with Crippen LogP contribution in [0.5, 0.6) is 0 Å². The van der Waals surface area contributed by atoms with E-state index in [1.165, 1.54) is 0 Å². The number of amides is 2. The van der Waals surface area contributed by atoms with Gasteiger partial charge in [-0.1, -0.05) is 0 Å². The van der Waals surface area contributed by atoms with Crippen LogP contribution in [0.3, 0.4) is 0 Å². The lowest BCUT2D eigenvalue weighted by atomic mass is 10.1. The first-order valence-electron chi connectivity index (χ1n) is 6.73. The number of fused-ring (bicyclic) bond motifs is 1. The van der Waals surface area contributed by atoms with Gasteiger partial charge >= 0.3 is 0 Å². The van der Waals surface area contributed by atoms with Crippen molar-refractivity contribution in [1.82, 2.24) is 5.32 Å². The standard InChI is InChI=1S/C15H20N2O3/c1-10(9-20-3)16-15(19)13-4-5-14-12(8-13)6-7-17(14)11(2)18/h4-5,8,10H,6-7,9H2,1-3H3,(H,16,19)/t10-/m1/s1. The molecule has 5 heteroatoms. The summed E-state index contributed by atoms with van der Waals surface area (Å²) in [5.74, 6) is -0.0757. The summed E-state index contributed by atoms with van der Waals surface area (Å²) in [5.41, 5.74) is 2.59. The highest BCUT2D eigenvalue weighted by atomic mass is 16.5. The molecule has 0 bridgehead atoms. The molecule has 0 saturated carbocycles. The van der Waals surface area contributed by atoms with Crippen LogP contribution in [0.15, 0.2) is 18.2 Å². The van der Waals surface area contributed by atoms with Gasteiger partial charge in [0.25, 0.3) is 5.91 Å². The van der Waals surface area contributed by atoms with Crippen molar-refractivity contribution < 1.29 is 14.3 Å². The molecule has 0 aromatic heterocycles. The molecule has 1 N–H and O–H groups in total. The fourth-order valence-corrected chi connectivity index (χ4v) is 2.47. The van der Waals surface area contributed by atoms with E-state index in [-0.39, 0.29) is 17.9 Å². The fraction of sp³-hybridized carbons (Fsp3) is 0.467. The van der Waals surface area contributed by atoms with E-state index in [1.54, 1.807) is 25.0 Å². The molecule has 1 aliphatic heterocycles. The average molecular weight is 276 g/mol. The van der Waals surface area contributed by atoms with Gasteiger partial charge in [0, 0.05) is 37.9 Å². The zero-order valence-corrected chi connectivity index (χ0v) is 12.1. The number of anilines is 1. The molecule has 1 aliphatic rings. The Labute approximate surface area is 118 Å². The Morgan fingerprint density at radius 1 is 1.45 bits per heavy atom. The van der Waals surface area contributed by atoms with Crippen molar-refractivity contribution in [2.75, 3.05) is 25.2 Å². The van der Waals surface area contributed by atoms with E-state index in [4.69, 9.17) is 4.74 Å². The van der Waals surface area contributed by atoms with E-state index in [9.17, 15) is 9.59 Å². The minimum absolute atomic E-state index is 0.0329. The number of benzene rings is 1. The molecular weight excluding hydrogens is 256 g/mol. The molecule has 1 aromatic carbocycles. The Balaban J connectivity index is 2.12. The first-order valence-corrected chi connectivity index (χ1v) is 6.73. The summed E-state index contributed by atoms with van der Waals surface area (Å²) in [4.78, 5) is 25.3. The molecule has 0 radical (unpaired) electrons. The summed E-state index contributed by atoms with van der Waals surface area (Å²) in [6.07, 6.45) is 0.795. The van der Waals surface area contributed by atoms with Crippen LogP contribution < -0.4 is 10.2 Å². The summed E-state index contributed by atoms with van der Waals surface area (Å²) < 4.78 is 5.00. The quantitative estimate of drug-likeness (QED) is 0.903. The molecule has 0 spiro atoms. The van der Waals surface area contributed by atoms with Gasteiger partial charge in [-0.2, -0.15) is 0 Å². The highest BCUT2D eigenvalue weighted by molar-refractivity contribution is 5.97. The van der Waals surface area contributed by atoms with Crippen molar-refractivity contribution in [3.05, 3.63) is 29.3 Å². The molecule has 20 heavy (non-hydrogen) atoms. The first kappa shape index (κ1) is 14.5. The molecule has 1 heterocycles. The largest absolute Gasteiger partial charge is 0.383 e. The van der Waals surface area contributed by atoms with E-state index in [2.05, 4.69) is 5.32 Å². The number of nitrogens with one attached hydrogen (secondary N) is 1. The van der Waals surface area contributed by atoms with Crippen molar-refractivity contribution in [3.63, 3.8) is 0 Å². The second-order valence-electron chi connectivity index (χ2n) is 5.09. The molecule has 108 valence electrons. The summed E-state index contributed by atoms with van der Waals surface area (Å²) in [6.45, 7) is 4.62. The van der Waals surface area contributed by atoms with Crippen LogP contribution in [0.25, 0.3) is 0 Å². The Morgan fingerprint density at radius 2 is 2.20 bits per heavy atom. The summed E-state index contributed by atoms with van der Waals surface area (Å²) >= 11 is 0. The van der Waals surface area contributed by atoms with Crippen LogP contribution in [0.1, 0.15) is 29.8 Å². The third kappa shape index (κ3) is 2.99. The van der Waals surface area contributed by atoms with Gasteiger partial charge in [0.15, 0.2) is 0 Å². The Bertz CT molecular complexity index is 528. The SMILES string of the molecule is COC[C@@H](C)NC(=O)c1ccc2c(c1)CCN2C(C)=O. The van der Waals surface area contributed by atoms with Gasteiger partial charge in [-0.25, -0.2) is 0 Å². The minimum Gasteiger partial charge on any atom is -0.383 e. The topological polar surface area (TPSA) is 58.6 Å². The molecule has 1 aromatic rings. The van der Waals surface area contributed by atoms with E-state index in [0.717, 1.165) is 17.7 Å². The second kappa shape index (κ2) is 6.05. The van der Waals surface area contributed by atoms with Crippen molar-refractivity contribution in [3.8, 4) is 0 Å². The van der Waals surface area contributed by atoms with Crippen LogP contribution >= 0.6 is 0 Å². The van der Waals surface area contributed by atoms with Gasteiger partial charge in [-0.15, -0.1) is 0 Å². The van der Waals surface area contributed by atoms with Crippen LogP contribution in [0.2, 0.25) is 0 Å². The van der Waals surface area contributed by atoms with E-state index in [1.807, 2.05) is 19.1 Å². The van der Waals surface area contributed by atoms with Crippen molar-refractivity contribution in [1.29, 1.82) is 0 Å². The van der Waals surface area contributed by atoms with Crippen LogP contribution in [0, 0.1) is 0 Å². The zero-order chi connectivity index (χ0) is 14.7. The molecule has 5 nitrogen and oxygen atoms in total. The Morgan fingerprint density at radius 3 is 2.85 bits per heavy atom. The molecule has 0 unspecified atom stereocenters. The minimum atomic E-state index is -0.112. The van der Waals surface area contributed by atoms with Gasteiger partial charge in [0.05, 0.1) is 6.61 Å². The first-order chi connectivity index (χ1) is 9.52. The Kier molecular flexibility index (Phi) is 4.39. The van der Waals surface area contributed by atoms with Gasteiger partial charge < -0.3 is 15.0 Å². The number of nitrogens with zero attached hydrogens (tertiary/aromatic N) is 1. The molecular formula is C15H20N2O3. The van der Waals surface area contributed by atoms with Crippen LogP contribution in [-0.4, -0.2) is 38.1 Å². The normalized spacial score (nSPS) is 14.8. The average Bonchev–Trinajstić information content (AvgIpc) is 2.81.